The van der Waals surface area contributed by atoms with Crippen molar-refractivity contribution in [3.8, 4) is 6.07 Å². The number of nitrogens with zero attached hydrogens (tertiary/aromatic N) is 1. The first kappa shape index (κ1) is 13.1. The van der Waals surface area contributed by atoms with E-state index >= 15 is 0 Å². The molecule has 18 heavy (non-hydrogen) atoms. The maximum Gasteiger partial charge on any atom is 0.229 e. The lowest BCUT2D eigenvalue weighted by Gasteiger charge is -2.15. The number of amides is 1. The molecule has 1 aliphatic rings. The Morgan fingerprint density at radius 3 is 2.89 bits per heavy atom. The molecule has 1 aliphatic heterocycles. The van der Waals surface area contributed by atoms with Crippen molar-refractivity contribution < 1.29 is 4.79 Å². The zero-order chi connectivity index (χ0) is 13.1. The van der Waals surface area contributed by atoms with Crippen LogP contribution in [0.2, 0.25) is 0 Å². The molecule has 1 amide bonds. The van der Waals surface area contributed by atoms with Crippen LogP contribution < -0.4 is 10.6 Å². The van der Waals surface area contributed by atoms with E-state index in [1.54, 1.807) is 18.2 Å². The Morgan fingerprint density at radius 1 is 1.56 bits per heavy atom. The second kappa shape index (κ2) is 5.51. The number of carbonyl (C=O) groups is 1. The molecule has 1 fully saturated rings. The van der Waals surface area contributed by atoms with Gasteiger partial charge < -0.3 is 10.6 Å². The second-order valence-corrected chi connectivity index (χ2v) is 5.39. The van der Waals surface area contributed by atoms with Crippen molar-refractivity contribution in [3.63, 3.8) is 0 Å². The number of nitriles is 1. The molecular formula is C13H14BrN3O. The molecule has 0 aromatic heterocycles. The summed E-state index contributed by atoms with van der Waals surface area (Å²) in [7, 11) is 0. The molecule has 2 atom stereocenters. The highest BCUT2D eigenvalue weighted by Crippen LogP contribution is 2.25. The lowest BCUT2D eigenvalue weighted by molar-refractivity contribution is -0.120. The molecule has 4 nitrogen and oxygen atoms in total. The molecule has 1 aromatic rings. The van der Waals surface area contributed by atoms with Crippen LogP contribution in [0.15, 0.2) is 22.7 Å². The Bertz CT molecular complexity index is 509. The van der Waals surface area contributed by atoms with Gasteiger partial charge >= 0.3 is 0 Å². The summed E-state index contributed by atoms with van der Waals surface area (Å²) in [5, 5.41) is 14.9. The van der Waals surface area contributed by atoms with Gasteiger partial charge in [0.05, 0.1) is 23.2 Å². The molecule has 0 spiro atoms. The van der Waals surface area contributed by atoms with Crippen molar-refractivity contribution >= 4 is 27.5 Å². The number of nitrogens with one attached hydrogen (secondary N) is 2. The molecule has 5 heteroatoms. The highest BCUT2D eigenvalue weighted by Gasteiger charge is 2.29. The number of halogens is 1. The van der Waals surface area contributed by atoms with Gasteiger partial charge in [0.2, 0.25) is 5.91 Å². The van der Waals surface area contributed by atoms with Crippen LogP contribution in [-0.4, -0.2) is 19.0 Å². The zero-order valence-corrected chi connectivity index (χ0v) is 11.6. The molecule has 0 saturated carbocycles. The minimum atomic E-state index is 0.00698. The van der Waals surface area contributed by atoms with Crippen molar-refractivity contribution in [2.24, 2.45) is 11.8 Å². The molecule has 2 N–H and O–H groups in total. The molecule has 2 unspecified atom stereocenters. The van der Waals surface area contributed by atoms with Crippen LogP contribution in [-0.2, 0) is 4.79 Å². The van der Waals surface area contributed by atoms with Gasteiger partial charge in [-0.2, -0.15) is 5.26 Å². The third kappa shape index (κ3) is 2.71. The van der Waals surface area contributed by atoms with Crippen molar-refractivity contribution in [2.45, 2.75) is 6.92 Å². The average Bonchev–Trinajstić information content (AvgIpc) is 2.78. The van der Waals surface area contributed by atoms with Crippen LogP contribution in [0.1, 0.15) is 12.5 Å². The van der Waals surface area contributed by atoms with Crippen LogP contribution in [0, 0.1) is 23.2 Å². The number of hydrogen-bond donors (Lipinski definition) is 2. The minimum Gasteiger partial charge on any atom is -0.325 e. The van der Waals surface area contributed by atoms with E-state index in [0.717, 1.165) is 17.6 Å². The van der Waals surface area contributed by atoms with E-state index in [1.165, 1.54) is 0 Å². The number of benzene rings is 1. The van der Waals surface area contributed by atoms with E-state index in [2.05, 4.69) is 39.6 Å². The number of rotatable bonds is 2. The van der Waals surface area contributed by atoms with Gasteiger partial charge in [-0.1, -0.05) is 6.92 Å². The van der Waals surface area contributed by atoms with E-state index in [0.29, 0.717) is 17.2 Å². The van der Waals surface area contributed by atoms with E-state index in [1.807, 2.05) is 0 Å². The van der Waals surface area contributed by atoms with E-state index in [9.17, 15) is 4.79 Å². The van der Waals surface area contributed by atoms with E-state index < -0.39 is 0 Å². The van der Waals surface area contributed by atoms with Gasteiger partial charge in [-0.05, 0) is 46.6 Å². The van der Waals surface area contributed by atoms with Gasteiger partial charge in [-0.3, -0.25) is 4.79 Å². The average molecular weight is 308 g/mol. The van der Waals surface area contributed by atoms with Gasteiger partial charge in [0.25, 0.3) is 0 Å². The first-order chi connectivity index (χ1) is 8.61. The standard InChI is InChI=1S/C13H14BrN3O/c1-8-6-16-7-10(8)13(18)17-12-3-2-9(5-15)4-11(12)14/h2-4,8,10,16H,6-7H2,1H3,(H,17,18). The minimum absolute atomic E-state index is 0.00698. The number of carbonyl (C=O) groups excluding carboxylic acids is 1. The van der Waals surface area contributed by atoms with Crippen LogP contribution >= 0.6 is 15.9 Å². The Morgan fingerprint density at radius 2 is 2.33 bits per heavy atom. The fourth-order valence-corrected chi connectivity index (χ4v) is 2.55. The first-order valence-corrected chi connectivity index (χ1v) is 6.62. The fraction of sp³-hybridized carbons (Fsp3) is 0.385. The van der Waals surface area contributed by atoms with Crippen LogP contribution in [0.5, 0.6) is 0 Å². The Labute approximate surface area is 115 Å². The van der Waals surface area contributed by atoms with E-state index in [4.69, 9.17) is 5.26 Å². The SMILES string of the molecule is CC1CNCC1C(=O)Nc1ccc(C#N)cc1Br. The van der Waals surface area contributed by atoms with Gasteiger partial charge in [-0.25, -0.2) is 0 Å². The van der Waals surface area contributed by atoms with Crippen LogP contribution in [0.25, 0.3) is 0 Å². The van der Waals surface area contributed by atoms with Crippen molar-refractivity contribution in [1.29, 1.82) is 5.26 Å². The largest absolute Gasteiger partial charge is 0.325 e. The van der Waals surface area contributed by atoms with Crippen LogP contribution in [0.4, 0.5) is 5.69 Å². The third-order valence-electron chi connectivity index (χ3n) is 3.21. The van der Waals surface area contributed by atoms with Gasteiger partial charge in [-0.15, -0.1) is 0 Å². The monoisotopic (exact) mass is 307 g/mol. The van der Waals surface area contributed by atoms with Gasteiger partial charge in [0, 0.05) is 11.0 Å². The summed E-state index contributed by atoms with van der Waals surface area (Å²) < 4.78 is 0.730. The van der Waals surface area contributed by atoms with Gasteiger partial charge in [0.1, 0.15) is 0 Å². The zero-order valence-electron chi connectivity index (χ0n) is 10.0. The molecule has 94 valence electrons. The number of anilines is 1. The maximum absolute atomic E-state index is 12.1. The highest BCUT2D eigenvalue weighted by atomic mass is 79.9. The van der Waals surface area contributed by atoms with Crippen molar-refractivity contribution in [2.75, 3.05) is 18.4 Å². The third-order valence-corrected chi connectivity index (χ3v) is 3.87. The molecule has 1 saturated heterocycles. The molecule has 2 rings (SSSR count). The van der Waals surface area contributed by atoms with Crippen molar-refractivity contribution in [3.05, 3.63) is 28.2 Å². The highest BCUT2D eigenvalue weighted by molar-refractivity contribution is 9.10. The second-order valence-electron chi connectivity index (χ2n) is 4.54. The predicted octanol–water partition coefficient (Wildman–Crippen LogP) is 2.11. The summed E-state index contributed by atoms with van der Waals surface area (Å²) in [6.45, 7) is 3.67. The lowest BCUT2D eigenvalue weighted by Crippen LogP contribution is -2.27. The molecule has 0 bridgehead atoms. The van der Waals surface area contributed by atoms with Crippen LogP contribution in [0.3, 0.4) is 0 Å². The van der Waals surface area contributed by atoms with E-state index in [-0.39, 0.29) is 11.8 Å². The molecule has 0 radical (unpaired) electrons. The summed E-state index contributed by atoms with van der Waals surface area (Å²) in [5.74, 6) is 0.382. The number of hydrogen-bond acceptors (Lipinski definition) is 3. The first-order valence-electron chi connectivity index (χ1n) is 5.83. The summed E-state index contributed by atoms with van der Waals surface area (Å²) in [5.41, 5.74) is 1.27. The Kier molecular flexibility index (Phi) is 4.00. The van der Waals surface area contributed by atoms with Crippen molar-refractivity contribution in [1.82, 2.24) is 5.32 Å². The molecule has 0 aliphatic carbocycles. The summed E-state index contributed by atoms with van der Waals surface area (Å²) in [6, 6.07) is 7.19. The molecule has 1 aromatic carbocycles. The maximum atomic E-state index is 12.1. The molecular weight excluding hydrogens is 294 g/mol. The quantitative estimate of drug-likeness (QED) is 0.879. The Hall–Kier alpha value is -1.38. The normalized spacial score (nSPS) is 22.5. The Balaban J connectivity index is 2.10. The predicted molar refractivity (Wildman–Crippen MR) is 73.0 cm³/mol. The summed E-state index contributed by atoms with van der Waals surface area (Å²) >= 11 is 3.36. The summed E-state index contributed by atoms with van der Waals surface area (Å²) in [4.78, 5) is 12.1. The van der Waals surface area contributed by atoms with Gasteiger partial charge in [0.15, 0.2) is 0 Å². The fourth-order valence-electron chi connectivity index (χ4n) is 2.07. The topological polar surface area (TPSA) is 64.9 Å². The molecule has 1 heterocycles. The summed E-state index contributed by atoms with van der Waals surface area (Å²) in [6.07, 6.45) is 0. The lowest BCUT2D eigenvalue weighted by atomic mass is 9.97. The smallest absolute Gasteiger partial charge is 0.229 e.